The fourth-order valence-electron chi connectivity index (χ4n) is 3.82. The number of H-pyrrole nitrogens is 1. The first-order chi connectivity index (χ1) is 12.8. The quantitative estimate of drug-likeness (QED) is 0.599. The molecule has 3 heterocycles. The van der Waals surface area contributed by atoms with Gasteiger partial charge in [0, 0.05) is 28.4 Å². The van der Waals surface area contributed by atoms with E-state index in [0.29, 0.717) is 17.9 Å². The van der Waals surface area contributed by atoms with Gasteiger partial charge in [0.1, 0.15) is 0 Å². The van der Waals surface area contributed by atoms with E-state index in [1.54, 1.807) is 0 Å². The standard InChI is InChI=1S/C20H19N5O/c26-20(21-12-19-24-23-18-7-3-4-10-25(18)19)13-8-9-17-15(11-13)14-5-1-2-6-16(14)22-17/h3-4,7-11,22H,1-2,5-6,12H2,(H,21,26). The molecular formula is C20H19N5O. The van der Waals surface area contributed by atoms with Crippen LogP contribution in [0.25, 0.3) is 16.6 Å². The highest BCUT2D eigenvalue weighted by Gasteiger charge is 2.17. The summed E-state index contributed by atoms with van der Waals surface area (Å²) < 4.78 is 1.88. The third-order valence-corrected chi connectivity index (χ3v) is 5.15. The first-order valence-corrected chi connectivity index (χ1v) is 9.00. The maximum atomic E-state index is 12.6. The Labute approximate surface area is 150 Å². The lowest BCUT2D eigenvalue weighted by Gasteiger charge is -2.10. The number of aromatic amines is 1. The fraction of sp³-hybridized carbons (Fsp3) is 0.250. The summed E-state index contributed by atoms with van der Waals surface area (Å²) in [5.41, 5.74) is 5.29. The molecule has 130 valence electrons. The minimum absolute atomic E-state index is 0.0923. The molecule has 6 heteroatoms. The van der Waals surface area contributed by atoms with Crippen molar-refractivity contribution in [2.75, 3.05) is 0 Å². The van der Waals surface area contributed by atoms with E-state index in [1.165, 1.54) is 29.5 Å². The van der Waals surface area contributed by atoms with Crippen LogP contribution < -0.4 is 5.32 Å². The summed E-state index contributed by atoms with van der Waals surface area (Å²) in [5.74, 6) is 0.624. The van der Waals surface area contributed by atoms with Gasteiger partial charge in [-0.25, -0.2) is 0 Å². The summed E-state index contributed by atoms with van der Waals surface area (Å²) in [5, 5.41) is 12.4. The van der Waals surface area contributed by atoms with E-state index in [4.69, 9.17) is 0 Å². The topological polar surface area (TPSA) is 75.1 Å². The number of aryl methyl sites for hydroxylation is 2. The average molecular weight is 345 g/mol. The lowest BCUT2D eigenvalue weighted by atomic mass is 9.95. The van der Waals surface area contributed by atoms with Gasteiger partial charge in [-0.05, 0) is 61.6 Å². The van der Waals surface area contributed by atoms with Gasteiger partial charge in [-0.3, -0.25) is 9.20 Å². The third kappa shape index (κ3) is 2.45. The van der Waals surface area contributed by atoms with Gasteiger partial charge in [-0.1, -0.05) is 6.07 Å². The molecule has 4 aromatic rings. The number of aromatic nitrogens is 4. The Bertz CT molecular complexity index is 1120. The molecule has 1 amide bonds. The number of carbonyl (C=O) groups excluding carboxylic acids is 1. The number of nitrogens with zero attached hydrogens (tertiary/aromatic N) is 3. The zero-order chi connectivity index (χ0) is 17.5. The molecular weight excluding hydrogens is 326 g/mol. The molecule has 0 fully saturated rings. The molecule has 0 saturated heterocycles. The maximum Gasteiger partial charge on any atom is 0.251 e. The average Bonchev–Trinajstić information content (AvgIpc) is 3.27. The zero-order valence-corrected chi connectivity index (χ0v) is 14.3. The highest BCUT2D eigenvalue weighted by atomic mass is 16.1. The summed E-state index contributed by atoms with van der Waals surface area (Å²) in [7, 11) is 0. The van der Waals surface area contributed by atoms with Gasteiger partial charge in [0.05, 0.1) is 6.54 Å². The highest BCUT2D eigenvalue weighted by molar-refractivity contribution is 5.99. The molecule has 0 atom stereocenters. The normalized spacial score (nSPS) is 13.8. The number of amides is 1. The van der Waals surface area contributed by atoms with Gasteiger partial charge in [-0.2, -0.15) is 0 Å². The number of nitrogens with one attached hydrogen (secondary N) is 2. The number of fused-ring (bicyclic) bond motifs is 4. The van der Waals surface area contributed by atoms with Crippen LogP contribution in [0, 0.1) is 0 Å². The Morgan fingerprint density at radius 2 is 2.08 bits per heavy atom. The van der Waals surface area contributed by atoms with E-state index in [2.05, 4.69) is 20.5 Å². The molecule has 0 radical (unpaired) electrons. The smallest absolute Gasteiger partial charge is 0.251 e. The molecule has 3 aromatic heterocycles. The largest absolute Gasteiger partial charge is 0.358 e. The van der Waals surface area contributed by atoms with Crippen LogP contribution in [0.15, 0.2) is 42.6 Å². The Hall–Kier alpha value is -3.15. The van der Waals surface area contributed by atoms with Crippen LogP contribution in [0.5, 0.6) is 0 Å². The van der Waals surface area contributed by atoms with Crippen LogP contribution in [-0.4, -0.2) is 25.5 Å². The number of rotatable bonds is 3. The van der Waals surface area contributed by atoms with Crippen molar-refractivity contribution in [1.82, 2.24) is 24.9 Å². The van der Waals surface area contributed by atoms with Gasteiger partial charge in [0.2, 0.25) is 0 Å². The van der Waals surface area contributed by atoms with Gasteiger partial charge >= 0.3 is 0 Å². The van der Waals surface area contributed by atoms with E-state index in [-0.39, 0.29) is 5.91 Å². The number of benzene rings is 1. The third-order valence-electron chi connectivity index (χ3n) is 5.15. The van der Waals surface area contributed by atoms with E-state index in [1.807, 2.05) is 47.0 Å². The second-order valence-electron chi connectivity index (χ2n) is 6.78. The number of hydrogen-bond acceptors (Lipinski definition) is 3. The summed E-state index contributed by atoms with van der Waals surface area (Å²) in [6.07, 6.45) is 6.54. The van der Waals surface area contributed by atoms with Crippen molar-refractivity contribution < 1.29 is 4.79 Å². The molecule has 1 aromatic carbocycles. The SMILES string of the molecule is O=C(NCc1nnc2ccccn12)c1ccc2[nH]c3c(c2c1)CCCC3. The Morgan fingerprint density at radius 3 is 3.04 bits per heavy atom. The fourth-order valence-corrected chi connectivity index (χ4v) is 3.82. The number of pyridine rings is 1. The number of carbonyl (C=O) groups is 1. The van der Waals surface area contributed by atoms with Crippen LogP contribution in [0.2, 0.25) is 0 Å². The summed E-state index contributed by atoms with van der Waals surface area (Å²) >= 11 is 0. The van der Waals surface area contributed by atoms with Gasteiger partial charge < -0.3 is 10.3 Å². The van der Waals surface area contributed by atoms with Gasteiger partial charge in [0.25, 0.3) is 5.91 Å². The summed E-state index contributed by atoms with van der Waals surface area (Å²) in [6, 6.07) is 11.6. The Kier molecular flexibility index (Phi) is 3.48. The predicted molar refractivity (Wildman–Crippen MR) is 99.1 cm³/mol. The van der Waals surface area contributed by atoms with Crippen LogP contribution in [0.3, 0.4) is 0 Å². The van der Waals surface area contributed by atoms with Gasteiger partial charge in [0.15, 0.2) is 11.5 Å². The minimum Gasteiger partial charge on any atom is -0.358 e. The molecule has 26 heavy (non-hydrogen) atoms. The van der Waals surface area contributed by atoms with Gasteiger partial charge in [-0.15, -0.1) is 10.2 Å². The molecule has 0 bridgehead atoms. The number of hydrogen-bond donors (Lipinski definition) is 2. The maximum absolute atomic E-state index is 12.6. The first kappa shape index (κ1) is 15.1. The molecule has 6 nitrogen and oxygen atoms in total. The molecule has 2 N–H and O–H groups in total. The minimum atomic E-state index is -0.0923. The summed E-state index contributed by atoms with van der Waals surface area (Å²) in [4.78, 5) is 16.1. The Morgan fingerprint density at radius 1 is 1.15 bits per heavy atom. The van der Waals surface area contributed by atoms with Crippen molar-refractivity contribution >= 4 is 22.5 Å². The van der Waals surface area contributed by atoms with Crippen LogP contribution in [-0.2, 0) is 19.4 Å². The molecule has 0 spiro atoms. The van der Waals surface area contributed by atoms with Crippen molar-refractivity contribution in [3.05, 3.63) is 65.2 Å². The molecule has 1 aliphatic carbocycles. The van der Waals surface area contributed by atoms with Crippen LogP contribution in [0.1, 0.15) is 40.3 Å². The van der Waals surface area contributed by atoms with Crippen LogP contribution >= 0.6 is 0 Å². The molecule has 0 aliphatic heterocycles. The molecule has 0 unspecified atom stereocenters. The second kappa shape index (κ2) is 5.98. The first-order valence-electron chi connectivity index (χ1n) is 9.00. The zero-order valence-electron chi connectivity index (χ0n) is 14.3. The van der Waals surface area contributed by atoms with Crippen molar-refractivity contribution in [2.45, 2.75) is 32.2 Å². The summed E-state index contributed by atoms with van der Waals surface area (Å²) in [6.45, 7) is 0.341. The molecule has 1 aliphatic rings. The van der Waals surface area contributed by atoms with Crippen molar-refractivity contribution in [2.24, 2.45) is 0 Å². The van der Waals surface area contributed by atoms with Crippen molar-refractivity contribution in [1.29, 1.82) is 0 Å². The van der Waals surface area contributed by atoms with Crippen molar-refractivity contribution in [3.63, 3.8) is 0 Å². The predicted octanol–water partition coefficient (Wildman–Crippen LogP) is 3.02. The highest BCUT2D eigenvalue weighted by Crippen LogP contribution is 2.29. The van der Waals surface area contributed by atoms with E-state index >= 15 is 0 Å². The van der Waals surface area contributed by atoms with E-state index in [0.717, 1.165) is 24.0 Å². The molecule has 0 saturated carbocycles. The second-order valence-corrected chi connectivity index (χ2v) is 6.78. The monoisotopic (exact) mass is 345 g/mol. The van der Waals surface area contributed by atoms with E-state index in [9.17, 15) is 4.79 Å². The lowest BCUT2D eigenvalue weighted by Crippen LogP contribution is -2.24. The molecule has 5 rings (SSSR count). The van der Waals surface area contributed by atoms with Crippen molar-refractivity contribution in [3.8, 4) is 0 Å². The Balaban J connectivity index is 1.40. The lowest BCUT2D eigenvalue weighted by molar-refractivity contribution is 0.0950. The van der Waals surface area contributed by atoms with E-state index < -0.39 is 0 Å². The van der Waals surface area contributed by atoms with Crippen LogP contribution in [0.4, 0.5) is 0 Å².